The van der Waals surface area contributed by atoms with Gasteiger partial charge in [-0.15, -0.1) is 0 Å². The highest BCUT2D eigenvalue weighted by Crippen LogP contribution is 2.28. The average molecular weight is 209 g/mol. The predicted molar refractivity (Wildman–Crippen MR) is 66.0 cm³/mol. The van der Waals surface area contributed by atoms with Gasteiger partial charge in [0.2, 0.25) is 0 Å². The maximum absolute atomic E-state index is 3.90. The summed E-state index contributed by atoms with van der Waals surface area (Å²) >= 11 is 0. The third-order valence-electron chi connectivity index (χ3n) is 4.50. The highest BCUT2D eigenvalue weighted by molar-refractivity contribution is 4.81. The van der Waals surface area contributed by atoms with Gasteiger partial charge in [0.15, 0.2) is 0 Å². The van der Waals surface area contributed by atoms with Crippen LogP contribution in [0.1, 0.15) is 71.1 Å². The smallest absolute Gasteiger partial charge is 0.00698 e. The molecule has 0 saturated heterocycles. The number of nitrogens with one attached hydrogen (secondary N) is 1. The van der Waals surface area contributed by atoms with Crippen LogP contribution in [0, 0.1) is 5.92 Å². The van der Waals surface area contributed by atoms with Crippen molar-refractivity contribution in [3.05, 3.63) is 0 Å². The van der Waals surface area contributed by atoms with Crippen LogP contribution in [-0.2, 0) is 0 Å². The van der Waals surface area contributed by atoms with Crippen molar-refractivity contribution in [1.29, 1.82) is 0 Å². The van der Waals surface area contributed by atoms with Crippen LogP contribution in [0.15, 0.2) is 0 Å². The highest BCUT2D eigenvalue weighted by Gasteiger charge is 2.22. The fraction of sp³-hybridized carbons (Fsp3) is 1.00. The van der Waals surface area contributed by atoms with Gasteiger partial charge in [0, 0.05) is 12.1 Å². The van der Waals surface area contributed by atoms with E-state index in [1.807, 2.05) is 0 Å². The summed E-state index contributed by atoms with van der Waals surface area (Å²) in [4.78, 5) is 0. The van der Waals surface area contributed by atoms with Crippen LogP contribution in [0.2, 0.25) is 0 Å². The lowest BCUT2D eigenvalue weighted by molar-refractivity contribution is 0.248. The quantitative estimate of drug-likeness (QED) is 0.744. The Morgan fingerprint density at radius 3 is 2.00 bits per heavy atom. The molecule has 1 N–H and O–H groups in total. The minimum Gasteiger partial charge on any atom is -0.311 e. The van der Waals surface area contributed by atoms with E-state index in [-0.39, 0.29) is 0 Å². The van der Waals surface area contributed by atoms with E-state index in [1.165, 1.54) is 64.2 Å². The largest absolute Gasteiger partial charge is 0.311 e. The molecule has 2 aliphatic carbocycles. The molecule has 0 atom stereocenters. The summed E-state index contributed by atoms with van der Waals surface area (Å²) in [6.45, 7) is 2.35. The van der Waals surface area contributed by atoms with Crippen molar-refractivity contribution in [2.24, 2.45) is 5.92 Å². The summed E-state index contributed by atoms with van der Waals surface area (Å²) in [6, 6.07) is 1.72. The lowest BCUT2D eigenvalue weighted by Gasteiger charge is -2.33. The first-order valence-corrected chi connectivity index (χ1v) is 7.14. The topological polar surface area (TPSA) is 12.0 Å². The highest BCUT2D eigenvalue weighted by atomic mass is 14.9. The molecule has 2 fully saturated rings. The first-order valence-electron chi connectivity index (χ1n) is 7.14. The van der Waals surface area contributed by atoms with Crippen LogP contribution in [-0.4, -0.2) is 12.1 Å². The summed E-state index contributed by atoms with van der Waals surface area (Å²) in [5, 5.41) is 3.90. The number of hydrogen-bond donors (Lipinski definition) is 1. The lowest BCUT2D eigenvalue weighted by Crippen LogP contribution is -2.41. The second-order valence-electron chi connectivity index (χ2n) is 5.63. The van der Waals surface area contributed by atoms with Gasteiger partial charge in [-0.3, -0.25) is 0 Å². The van der Waals surface area contributed by atoms with Crippen LogP contribution in [0.25, 0.3) is 0 Å². The van der Waals surface area contributed by atoms with E-state index in [4.69, 9.17) is 0 Å². The van der Waals surface area contributed by atoms with E-state index in [9.17, 15) is 0 Å². The van der Waals surface area contributed by atoms with Crippen molar-refractivity contribution in [2.75, 3.05) is 0 Å². The first kappa shape index (κ1) is 11.4. The molecule has 0 radical (unpaired) electrons. The molecule has 0 amide bonds. The van der Waals surface area contributed by atoms with Crippen LogP contribution < -0.4 is 5.32 Å². The van der Waals surface area contributed by atoms with Crippen molar-refractivity contribution >= 4 is 0 Å². The summed E-state index contributed by atoms with van der Waals surface area (Å²) in [6.07, 6.45) is 14.5. The zero-order valence-electron chi connectivity index (χ0n) is 10.3. The van der Waals surface area contributed by atoms with Crippen LogP contribution in [0.4, 0.5) is 0 Å². The number of hydrogen-bond acceptors (Lipinski definition) is 1. The van der Waals surface area contributed by atoms with E-state index in [1.54, 1.807) is 0 Å². The minimum atomic E-state index is 0.857. The predicted octanol–water partition coefficient (Wildman–Crippen LogP) is 3.88. The summed E-state index contributed by atoms with van der Waals surface area (Å²) in [5.74, 6) is 1.04. The zero-order chi connectivity index (χ0) is 10.5. The molecule has 1 heteroatoms. The molecular formula is C14H27N. The molecule has 88 valence electrons. The molecule has 0 spiro atoms. The molecule has 0 bridgehead atoms. The Balaban J connectivity index is 1.67. The van der Waals surface area contributed by atoms with E-state index < -0.39 is 0 Å². The van der Waals surface area contributed by atoms with E-state index in [0.717, 1.165) is 18.0 Å². The fourth-order valence-corrected chi connectivity index (χ4v) is 3.34. The van der Waals surface area contributed by atoms with Crippen LogP contribution in [0.5, 0.6) is 0 Å². The van der Waals surface area contributed by atoms with Crippen LogP contribution >= 0.6 is 0 Å². The Labute approximate surface area is 95.0 Å². The van der Waals surface area contributed by atoms with E-state index in [2.05, 4.69) is 12.2 Å². The maximum Gasteiger partial charge on any atom is 0.00698 e. The molecule has 0 aromatic carbocycles. The third kappa shape index (κ3) is 3.48. The Morgan fingerprint density at radius 1 is 0.800 bits per heavy atom. The minimum absolute atomic E-state index is 0.857. The standard InChI is InChI=1S/C14H27N/c1-2-12-8-10-14(11-9-12)15-13-6-4-3-5-7-13/h12-15H,2-11H2,1H3/t12-,14+. The Morgan fingerprint density at radius 2 is 1.40 bits per heavy atom. The van der Waals surface area contributed by atoms with Gasteiger partial charge in [-0.2, -0.15) is 0 Å². The Bertz CT molecular complexity index is 164. The van der Waals surface area contributed by atoms with Gasteiger partial charge in [-0.1, -0.05) is 32.6 Å². The molecule has 2 rings (SSSR count). The second kappa shape index (κ2) is 5.89. The van der Waals surface area contributed by atoms with Crippen molar-refractivity contribution < 1.29 is 0 Å². The normalized spacial score (nSPS) is 34.2. The fourth-order valence-electron chi connectivity index (χ4n) is 3.34. The molecule has 0 heterocycles. The van der Waals surface area contributed by atoms with Gasteiger partial charge in [0.25, 0.3) is 0 Å². The molecule has 0 aromatic rings. The SMILES string of the molecule is CC[C@H]1CC[C@@H](NC2CCCCC2)CC1. The molecule has 0 unspecified atom stereocenters. The molecule has 2 aliphatic rings. The maximum atomic E-state index is 3.90. The van der Waals surface area contributed by atoms with Gasteiger partial charge in [0.05, 0.1) is 0 Å². The monoisotopic (exact) mass is 209 g/mol. The van der Waals surface area contributed by atoms with E-state index >= 15 is 0 Å². The Kier molecular flexibility index (Phi) is 4.49. The zero-order valence-corrected chi connectivity index (χ0v) is 10.3. The molecule has 0 aromatic heterocycles. The summed E-state index contributed by atoms with van der Waals surface area (Å²) < 4.78 is 0. The molecule has 0 aliphatic heterocycles. The van der Waals surface area contributed by atoms with Gasteiger partial charge in [-0.25, -0.2) is 0 Å². The average Bonchev–Trinajstić information content (AvgIpc) is 2.31. The molecule has 15 heavy (non-hydrogen) atoms. The molecule has 1 nitrogen and oxygen atoms in total. The third-order valence-corrected chi connectivity index (χ3v) is 4.50. The van der Waals surface area contributed by atoms with Crippen molar-refractivity contribution in [1.82, 2.24) is 5.32 Å². The second-order valence-corrected chi connectivity index (χ2v) is 5.63. The summed E-state index contributed by atoms with van der Waals surface area (Å²) in [5.41, 5.74) is 0. The Hall–Kier alpha value is -0.0400. The van der Waals surface area contributed by atoms with Gasteiger partial charge < -0.3 is 5.32 Å². The van der Waals surface area contributed by atoms with E-state index in [0.29, 0.717) is 0 Å². The first-order chi connectivity index (χ1) is 7.38. The van der Waals surface area contributed by atoms with Crippen molar-refractivity contribution in [3.8, 4) is 0 Å². The van der Waals surface area contributed by atoms with Gasteiger partial charge in [-0.05, 0) is 44.4 Å². The lowest BCUT2D eigenvalue weighted by atomic mass is 9.83. The number of rotatable bonds is 3. The van der Waals surface area contributed by atoms with Gasteiger partial charge >= 0.3 is 0 Å². The van der Waals surface area contributed by atoms with Crippen molar-refractivity contribution in [3.63, 3.8) is 0 Å². The molecular weight excluding hydrogens is 182 g/mol. The summed E-state index contributed by atoms with van der Waals surface area (Å²) in [7, 11) is 0. The van der Waals surface area contributed by atoms with Gasteiger partial charge in [0.1, 0.15) is 0 Å². The van der Waals surface area contributed by atoms with Crippen LogP contribution in [0.3, 0.4) is 0 Å². The van der Waals surface area contributed by atoms with Crippen molar-refractivity contribution in [2.45, 2.75) is 83.2 Å². The molecule has 2 saturated carbocycles.